The minimum atomic E-state index is -0.234. The number of amides is 1. The van der Waals surface area contributed by atoms with Crippen LogP contribution in [-0.4, -0.2) is 35.4 Å². The van der Waals surface area contributed by atoms with E-state index in [4.69, 9.17) is 5.73 Å². The number of aryl methyl sites for hydroxylation is 1. The molecule has 1 aliphatic rings. The van der Waals surface area contributed by atoms with Crippen LogP contribution in [0.1, 0.15) is 39.8 Å². The summed E-state index contributed by atoms with van der Waals surface area (Å²) < 4.78 is 14.2. The molecular formula is C17H21FN4OS. The number of carbonyl (C=O) groups is 1. The highest BCUT2D eigenvalue weighted by atomic mass is 32.1. The molecule has 2 aromatic rings. The number of anilines is 1. The van der Waals surface area contributed by atoms with E-state index in [9.17, 15) is 9.18 Å². The second-order valence-corrected chi connectivity index (χ2v) is 6.99. The smallest absolute Gasteiger partial charge is 0.263 e. The summed E-state index contributed by atoms with van der Waals surface area (Å²) in [6, 6.07) is 6.61. The van der Waals surface area contributed by atoms with Gasteiger partial charge in [0.2, 0.25) is 0 Å². The first-order valence-electron chi connectivity index (χ1n) is 8.06. The molecule has 1 atom stereocenters. The summed E-state index contributed by atoms with van der Waals surface area (Å²) in [7, 11) is 0. The van der Waals surface area contributed by atoms with Gasteiger partial charge in [-0.15, -0.1) is 0 Å². The first-order valence-corrected chi connectivity index (χ1v) is 8.87. The Bertz CT molecular complexity index is 727. The molecule has 0 spiro atoms. The number of aromatic nitrogens is 1. The third kappa shape index (κ3) is 3.57. The Morgan fingerprint density at radius 2 is 2.12 bits per heavy atom. The largest absolute Gasteiger partial charge is 0.375 e. The van der Waals surface area contributed by atoms with E-state index in [1.54, 1.807) is 19.1 Å². The molecule has 128 valence electrons. The van der Waals surface area contributed by atoms with Gasteiger partial charge in [-0.3, -0.25) is 9.69 Å². The topological polar surface area (TPSA) is 71.2 Å². The number of hydrogen-bond acceptors (Lipinski definition) is 5. The van der Waals surface area contributed by atoms with Gasteiger partial charge < -0.3 is 11.1 Å². The Hall–Kier alpha value is -1.99. The van der Waals surface area contributed by atoms with Gasteiger partial charge >= 0.3 is 0 Å². The Kier molecular flexibility index (Phi) is 5.11. The van der Waals surface area contributed by atoms with Crippen molar-refractivity contribution in [3.63, 3.8) is 0 Å². The summed E-state index contributed by atoms with van der Waals surface area (Å²) in [6.07, 6.45) is 2.20. The highest BCUT2D eigenvalue weighted by Gasteiger charge is 2.26. The van der Waals surface area contributed by atoms with Gasteiger partial charge in [0, 0.05) is 12.1 Å². The van der Waals surface area contributed by atoms with Crippen molar-refractivity contribution in [2.75, 3.05) is 25.4 Å². The fraction of sp³-hybridized carbons (Fsp3) is 0.412. The number of halogens is 1. The van der Waals surface area contributed by atoms with Crippen LogP contribution in [0.3, 0.4) is 0 Å². The van der Waals surface area contributed by atoms with Crippen LogP contribution in [0.15, 0.2) is 24.3 Å². The average molecular weight is 348 g/mol. The van der Waals surface area contributed by atoms with Crippen molar-refractivity contribution in [1.29, 1.82) is 0 Å². The molecule has 7 heteroatoms. The Morgan fingerprint density at radius 1 is 1.42 bits per heavy atom. The van der Waals surface area contributed by atoms with Crippen LogP contribution in [0.5, 0.6) is 0 Å². The Labute approximate surface area is 144 Å². The van der Waals surface area contributed by atoms with Crippen LogP contribution >= 0.6 is 11.3 Å². The van der Waals surface area contributed by atoms with E-state index in [0.717, 1.165) is 25.9 Å². The standard InChI is InChI=1S/C17H21FN4OS/c1-11-15(24-17(19)21-11)16(23)20-10-14(22-8-4-5-9-22)12-6-2-3-7-13(12)18/h2-3,6-7,14H,4-5,8-10H2,1H3,(H2,19,21)(H,20,23)/t14-/m0/s1. The van der Waals surface area contributed by atoms with Crippen LogP contribution in [-0.2, 0) is 0 Å². The molecular weight excluding hydrogens is 327 g/mol. The molecule has 1 amide bonds. The summed E-state index contributed by atoms with van der Waals surface area (Å²) in [4.78, 5) is 19.2. The zero-order valence-electron chi connectivity index (χ0n) is 13.6. The number of benzene rings is 1. The summed E-state index contributed by atoms with van der Waals surface area (Å²) in [5, 5.41) is 3.30. The van der Waals surface area contributed by atoms with Gasteiger partial charge in [0.05, 0.1) is 11.7 Å². The molecule has 3 rings (SSSR count). The summed E-state index contributed by atoms with van der Waals surface area (Å²) in [5.74, 6) is -0.441. The monoisotopic (exact) mass is 348 g/mol. The average Bonchev–Trinajstić information content (AvgIpc) is 3.19. The van der Waals surface area contributed by atoms with Crippen molar-refractivity contribution in [2.45, 2.75) is 25.8 Å². The van der Waals surface area contributed by atoms with Gasteiger partial charge in [0.1, 0.15) is 10.7 Å². The van der Waals surface area contributed by atoms with Crippen molar-refractivity contribution in [1.82, 2.24) is 15.2 Å². The van der Waals surface area contributed by atoms with Gasteiger partial charge in [-0.2, -0.15) is 0 Å². The van der Waals surface area contributed by atoms with E-state index in [-0.39, 0.29) is 17.8 Å². The molecule has 0 unspecified atom stereocenters. The van der Waals surface area contributed by atoms with Crippen LogP contribution in [0.4, 0.5) is 9.52 Å². The van der Waals surface area contributed by atoms with Gasteiger partial charge in [0.15, 0.2) is 5.13 Å². The second-order valence-electron chi connectivity index (χ2n) is 5.96. The summed E-state index contributed by atoms with van der Waals surface area (Å²) >= 11 is 1.17. The summed E-state index contributed by atoms with van der Waals surface area (Å²) in [6.45, 7) is 3.95. The lowest BCUT2D eigenvalue weighted by atomic mass is 10.0. The van der Waals surface area contributed by atoms with Gasteiger partial charge in [0.25, 0.3) is 5.91 Å². The number of nitrogens with one attached hydrogen (secondary N) is 1. The van der Waals surface area contributed by atoms with Crippen molar-refractivity contribution in [3.8, 4) is 0 Å². The van der Waals surface area contributed by atoms with Gasteiger partial charge in [-0.25, -0.2) is 9.37 Å². The van der Waals surface area contributed by atoms with Crippen molar-refractivity contribution >= 4 is 22.4 Å². The molecule has 1 aromatic heterocycles. The fourth-order valence-electron chi connectivity index (χ4n) is 3.13. The zero-order valence-corrected chi connectivity index (χ0v) is 14.4. The number of likely N-dealkylation sites (tertiary alicyclic amines) is 1. The second kappa shape index (κ2) is 7.27. The maximum atomic E-state index is 14.2. The van der Waals surface area contributed by atoms with Crippen LogP contribution in [0.25, 0.3) is 0 Å². The molecule has 1 aromatic carbocycles. The predicted molar refractivity (Wildman–Crippen MR) is 93.5 cm³/mol. The molecule has 5 nitrogen and oxygen atoms in total. The predicted octanol–water partition coefficient (Wildman–Crippen LogP) is 2.74. The number of thiazole rings is 1. The molecule has 0 aliphatic carbocycles. The molecule has 1 aliphatic heterocycles. The highest BCUT2D eigenvalue weighted by molar-refractivity contribution is 7.17. The van der Waals surface area contributed by atoms with E-state index in [0.29, 0.717) is 27.8 Å². The lowest BCUT2D eigenvalue weighted by Crippen LogP contribution is -2.37. The molecule has 0 radical (unpaired) electrons. The van der Waals surface area contributed by atoms with Gasteiger partial charge in [-0.1, -0.05) is 29.5 Å². The Balaban J connectivity index is 1.76. The SMILES string of the molecule is Cc1nc(N)sc1C(=O)NC[C@@H](c1ccccc1F)N1CCCC1. The van der Waals surface area contributed by atoms with Crippen molar-refractivity contribution in [3.05, 3.63) is 46.2 Å². The lowest BCUT2D eigenvalue weighted by Gasteiger charge is -2.28. The molecule has 0 bridgehead atoms. The molecule has 2 heterocycles. The lowest BCUT2D eigenvalue weighted by molar-refractivity contribution is 0.0940. The normalized spacial score (nSPS) is 16.2. The number of nitrogens with zero attached hydrogens (tertiary/aromatic N) is 2. The summed E-state index contributed by atoms with van der Waals surface area (Å²) in [5.41, 5.74) is 6.90. The number of rotatable bonds is 5. The molecule has 1 saturated heterocycles. The third-order valence-electron chi connectivity index (χ3n) is 4.32. The number of nitrogen functional groups attached to an aromatic ring is 1. The number of carbonyl (C=O) groups excluding carboxylic acids is 1. The third-order valence-corrected chi connectivity index (χ3v) is 5.31. The van der Waals surface area contributed by atoms with E-state index in [1.807, 2.05) is 6.07 Å². The molecule has 3 N–H and O–H groups in total. The van der Waals surface area contributed by atoms with Crippen molar-refractivity contribution < 1.29 is 9.18 Å². The van der Waals surface area contributed by atoms with Crippen molar-refractivity contribution in [2.24, 2.45) is 0 Å². The first-order chi connectivity index (χ1) is 11.6. The zero-order chi connectivity index (χ0) is 17.1. The van der Waals surface area contributed by atoms with E-state index >= 15 is 0 Å². The number of hydrogen-bond donors (Lipinski definition) is 2. The first kappa shape index (κ1) is 16.9. The Morgan fingerprint density at radius 3 is 2.75 bits per heavy atom. The van der Waals surface area contributed by atoms with Crippen LogP contribution in [0, 0.1) is 12.7 Å². The molecule has 24 heavy (non-hydrogen) atoms. The minimum Gasteiger partial charge on any atom is -0.375 e. The minimum absolute atomic E-state index is 0.164. The fourth-order valence-corrected chi connectivity index (χ4v) is 3.88. The number of nitrogens with two attached hydrogens (primary N) is 1. The maximum absolute atomic E-state index is 14.2. The maximum Gasteiger partial charge on any atom is 0.263 e. The highest BCUT2D eigenvalue weighted by Crippen LogP contribution is 2.27. The van der Waals surface area contributed by atoms with Crippen LogP contribution < -0.4 is 11.1 Å². The van der Waals surface area contributed by atoms with E-state index in [1.165, 1.54) is 17.4 Å². The molecule has 0 saturated carbocycles. The van der Waals surface area contributed by atoms with Crippen LogP contribution in [0.2, 0.25) is 0 Å². The quantitative estimate of drug-likeness (QED) is 0.872. The van der Waals surface area contributed by atoms with E-state index < -0.39 is 0 Å². The van der Waals surface area contributed by atoms with E-state index in [2.05, 4.69) is 15.2 Å². The van der Waals surface area contributed by atoms with Gasteiger partial charge in [-0.05, 0) is 38.9 Å². The molecule has 1 fully saturated rings.